The Balaban J connectivity index is 2.05. The van der Waals surface area contributed by atoms with E-state index in [-0.39, 0.29) is 18.1 Å². The number of carbonyl (C=O) groups excluding carboxylic acids is 2. The molecule has 1 unspecified atom stereocenters. The minimum atomic E-state index is -4.82. The molecular formula is C21H23F3N4O3. The second-order valence-corrected chi connectivity index (χ2v) is 8.21. The van der Waals surface area contributed by atoms with Crippen LogP contribution >= 0.6 is 0 Å². The normalized spacial score (nSPS) is 16.4. The van der Waals surface area contributed by atoms with Crippen LogP contribution in [0.3, 0.4) is 0 Å². The molecule has 166 valence electrons. The lowest BCUT2D eigenvalue weighted by atomic mass is 10.1. The van der Waals surface area contributed by atoms with E-state index >= 15 is 0 Å². The number of halogens is 3. The van der Waals surface area contributed by atoms with Crippen molar-refractivity contribution in [2.45, 2.75) is 52.1 Å². The quantitative estimate of drug-likeness (QED) is 0.750. The Morgan fingerprint density at radius 1 is 1.19 bits per heavy atom. The summed E-state index contributed by atoms with van der Waals surface area (Å²) in [5.74, 6) is -1.35. The van der Waals surface area contributed by atoms with Crippen LogP contribution in [0.5, 0.6) is 5.88 Å². The number of alkyl halides is 3. The predicted octanol–water partition coefficient (Wildman–Crippen LogP) is 4.33. The number of nitrogens with zero attached hydrogens (tertiary/aromatic N) is 2. The van der Waals surface area contributed by atoms with Crippen LogP contribution in [0.15, 0.2) is 36.4 Å². The molecule has 2 N–H and O–H groups in total. The number of nitrogens with one attached hydrogen (secondary N) is 2. The third-order valence-corrected chi connectivity index (χ3v) is 4.37. The standard InChI is InChI=1S/C21H23F3N4O3/c1-12-18(29)28(11-13-8-6-5-7-9-13)15-10-14(21(22,23)24)16(25-17(15)31-12)26-19(30)27-20(2,3)4/h5-10,12H,11H2,1-4H3,(H2,25,26,27,30). The van der Waals surface area contributed by atoms with Crippen molar-refractivity contribution in [1.29, 1.82) is 0 Å². The maximum absolute atomic E-state index is 13.8. The van der Waals surface area contributed by atoms with Crippen molar-refractivity contribution in [3.63, 3.8) is 0 Å². The van der Waals surface area contributed by atoms with Crippen molar-refractivity contribution in [1.82, 2.24) is 10.3 Å². The highest BCUT2D eigenvalue weighted by atomic mass is 19.4. The van der Waals surface area contributed by atoms with E-state index in [4.69, 9.17) is 4.74 Å². The minimum Gasteiger partial charge on any atom is -0.463 e. The highest BCUT2D eigenvalue weighted by molar-refractivity contribution is 6.00. The van der Waals surface area contributed by atoms with Gasteiger partial charge in [-0.25, -0.2) is 4.79 Å². The van der Waals surface area contributed by atoms with Gasteiger partial charge in [-0.15, -0.1) is 0 Å². The van der Waals surface area contributed by atoms with Gasteiger partial charge in [-0.2, -0.15) is 18.2 Å². The molecule has 0 spiro atoms. The average Bonchev–Trinajstić information content (AvgIpc) is 2.63. The van der Waals surface area contributed by atoms with Crippen LogP contribution in [0.2, 0.25) is 0 Å². The molecule has 2 aromatic rings. The molecule has 7 nitrogen and oxygen atoms in total. The number of hydrogen-bond acceptors (Lipinski definition) is 4. The Hall–Kier alpha value is -3.30. The smallest absolute Gasteiger partial charge is 0.420 e. The molecule has 31 heavy (non-hydrogen) atoms. The van der Waals surface area contributed by atoms with E-state index in [1.54, 1.807) is 51.1 Å². The first kappa shape index (κ1) is 22.4. The lowest BCUT2D eigenvalue weighted by Gasteiger charge is -2.33. The molecule has 0 fully saturated rings. The molecule has 0 bridgehead atoms. The highest BCUT2D eigenvalue weighted by Gasteiger charge is 2.40. The maximum Gasteiger partial charge on any atom is 0.420 e. The molecule has 1 aliphatic heterocycles. The molecule has 0 radical (unpaired) electrons. The molecule has 1 aliphatic rings. The first-order valence-corrected chi connectivity index (χ1v) is 9.58. The first-order valence-electron chi connectivity index (χ1n) is 9.58. The molecule has 0 aliphatic carbocycles. The van der Waals surface area contributed by atoms with Gasteiger partial charge in [0.1, 0.15) is 11.3 Å². The summed E-state index contributed by atoms with van der Waals surface area (Å²) < 4.78 is 46.8. The highest BCUT2D eigenvalue weighted by Crippen LogP contribution is 2.42. The van der Waals surface area contributed by atoms with Gasteiger partial charge in [0, 0.05) is 5.54 Å². The zero-order chi connectivity index (χ0) is 23.0. The molecule has 3 rings (SSSR count). The van der Waals surface area contributed by atoms with Gasteiger partial charge in [0.25, 0.3) is 5.91 Å². The first-order chi connectivity index (χ1) is 14.3. The summed E-state index contributed by atoms with van der Waals surface area (Å²) in [5, 5.41) is 4.67. The summed E-state index contributed by atoms with van der Waals surface area (Å²) in [7, 11) is 0. The lowest BCUT2D eigenvalue weighted by molar-refractivity contribution is -0.137. The molecule has 2 heterocycles. The van der Waals surface area contributed by atoms with Crippen LogP contribution in [-0.4, -0.2) is 28.6 Å². The van der Waals surface area contributed by atoms with Crippen LogP contribution in [0.4, 0.5) is 29.5 Å². The Labute approximate surface area is 177 Å². The third kappa shape index (κ3) is 5.25. The van der Waals surface area contributed by atoms with Gasteiger partial charge in [-0.05, 0) is 39.3 Å². The van der Waals surface area contributed by atoms with Gasteiger partial charge in [0.05, 0.1) is 6.54 Å². The van der Waals surface area contributed by atoms with Gasteiger partial charge in [-0.1, -0.05) is 30.3 Å². The Kier molecular flexibility index (Phi) is 5.84. The lowest BCUT2D eigenvalue weighted by Crippen LogP contribution is -2.45. The zero-order valence-electron chi connectivity index (χ0n) is 17.5. The van der Waals surface area contributed by atoms with Crippen molar-refractivity contribution in [2.75, 3.05) is 10.2 Å². The SMILES string of the molecule is CC1Oc2nc(NC(=O)NC(C)(C)C)c(C(F)(F)F)cc2N(Cc2ccccc2)C1=O. The number of benzene rings is 1. The number of anilines is 2. The number of carbonyl (C=O) groups is 2. The van der Waals surface area contributed by atoms with Crippen molar-refractivity contribution >= 4 is 23.4 Å². The number of hydrogen-bond donors (Lipinski definition) is 2. The molecule has 1 atom stereocenters. The van der Waals surface area contributed by atoms with E-state index in [9.17, 15) is 22.8 Å². The maximum atomic E-state index is 13.8. The van der Waals surface area contributed by atoms with Gasteiger partial charge in [-0.3, -0.25) is 15.0 Å². The Morgan fingerprint density at radius 2 is 1.84 bits per heavy atom. The topological polar surface area (TPSA) is 83.6 Å². The number of pyridine rings is 1. The van der Waals surface area contributed by atoms with Crippen LogP contribution in [0.1, 0.15) is 38.8 Å². The van der Waals surface area contributed by atoms with Crippen LogP contribution in [0.25, 0.3) is 0 Å². The largest absolute Gasteiger partial charge is 0.463 e. The van der Waals surface area contributed by atoms with Crippen molar-refractivity contribution in [2.24, 2.45) is 0 Å². The van der Waals surface area contributed by atoms with E-state index < -0.39 is 41.1 Å². The van der Waals surface area contributed by atoms with Gasteiger partial charge in [0.2, 0.25) is 5.88 Å². The molecule has 1 aromatic carbocycles. The van der Waals surface area contributed by atoms with E-state index in [0.717, 1.165) is 11.6 Å². The van der Waals surface area contributed by atoms with E-state index in [2.05, 4.69) is 15.6 Å². The fourth-order valence-electron chi connectivity index (χ4n) is 3.04. The molecular weight excluding hydrogens is 413 g/mol. The summed E-state index contributed by atoms with van der Waals surface area (Å²) in [5.41, 5.74) is -1.22. The van der Waals surface area contributed by atoms with Crippen molar-refractivity contribution in [3.8, 4) is 5.88 Å². The summed E-state index contributed by atoms with van der Waals surface area (Å²) in [6, 6.07) is 8.80. The summed E-state index contributed by atoms with van der Waals surface area (Å²) in [4.78, 5) is 30.0. The fraction of sp³-hybridized carbons (Fsp3) is 0.381. The molecule has 3 amide bonds. The zero-order valence-corrected chi connectivity index (χ0v) is 17.5. The van der Waals surface area contributed by atoms with Crippen molar-refractivity contribution in [3.05, 3.63) is 47.5 Å². The number of amides is 3. The minimum absolute atomic E-state index is 0.0522. The fourth-order valence-corrected chi connectivity index (χ4v) is 3.04. The van der Waals surface area contributed by atoms with Crippen LogP contribution in [0, 0.1) is 0 Å². The van der Waals surface area contributed by atoms with Gasteiger partial charge in [0.15, 0.2) is 11.9 Å². The summed E-state index contributed by atoms with van der Waals surface area (Å²) >= 11 is 0. The molecule has 0 saturated carbocycles. The monoisotopic (exact) mass is 436 g/mol. The number of fused-ring (bicyclic) bond motifs is 1. The predicted molar refractivity (Wildman–Crippen MR) is 109 cm³/mol. The van der Waals surface area contributed by atoms with Crippen molar-refractivity contribution < 1.29 is 27.5 Å². The third-order valence-electron chi connectivity index (χ3n) is 4.37. The Morgan fingerprint density at radius 3 is 2.42 bits per heavy atom. The number of ether oxygens (including phenoxy) is 1. The van der Waals surface area contributed by atoms with Gasteiger partial charge >= 0.3 is 12.2 Å². The van der Waals surface area contributed by atoms with Crippen LogP contribution < -0.4 is 20.3 Å². The number of rotatable bonds is 3. The molecule has 10 heteroatoms. The van der Waals surface area contributed by atoms with Crippen LogP contribution in [-0.2, 0) is 17.5 Å². The Bertz CT molecular complexity index is 988. The number of aromatic nitrogens is 1. The second-order valence-electron chi connectivity index (χ2n) is 8.21. The molecule has 0 saturated heterocycles. The van der Waals surface area contributed by atoms with E-state index in [1.165, 1.54) is 11.8 Å². The van der Waals surface area contributed by atoms with E-state index in [1.807, 2.05) is 0 Å². The summed E-state index contributed by atoms with van der Waals surface area (Å²) in [6.45, 7) is 6.61. The summed E-state index contributed by atoms with van der Waals surface area (Å²) in [6.07, 6.45) is -5.77. The number of urea groups is 1. The second kappa shape index (κ2) is 8.09. The van der Waals surface area contributed by atoms with E-state index in [0.29, 0.717) is 0 Å². The average molecular weight is 436 g/mol. The molecule has 1 aromatic heterocycles. The van der Waals surface area contributed by atoms with Gasteiger partial charge < -0.3 is 10.1 Å².